The Morgan fingerprint density at radius 3 is 1.72 bits per heavy atom. The van der Waals surface area contributed by atoms with Gasteiger partial charge in [-0.2, -0.15) is 0 Å². The number of ether oxygens (including phenoxy) is 4. The molecule has 0 fully saturated rings. The Labute approximate surface area is 262 Å². The van der Waals surface area contributed by atoms with Crippen LogP contribution in [0.1, 0.15) is 128 Å². The molecule has 256 valence electrons. The van der Waals surface area contributed by atoms with Gasteiger partial charge in [-0.1, -0.05) is 33.8 Å². The summed E-state index contributed by atoms with van der Waals surface area (Å²) in [5.74, 6) is -2.82. The second kappa shape index (κ2) is 17.1. The Hall–Kier alpha value is -0.910. The van der Waals surface area contributed by atoms with Gasteiger partial charge in [-0.15, -0.1) is 0 Å². The Morgan fingerprint density at radius 2 is 1.16 bits per heavy atom. The first-order valence-corrected chi connectivity index (χ1v) is 15.7. The van der Waals surface area contributed by atoms with E-state index in [2.05, 4.69) is 13.8 Å². The molecule has 0 aromatic heterocycles. The second-order valence-electron chi connectivity index (χ2n) is 15.9. The van der Waals surface area contributed by atoms with Gasteiger partial charge in [0, 0.05) is 19.4 Å². The molecule has 2 atom stereocenters. The van der Waals surface area contributed by atoms with E-state index in [0.717, 1.165) is 6.42 Å². The van der Waals surface area contributed by atoms with Crippen molar-refractivity contribution in [2.75, 3.05) is 33.0 Å². The summed E-state index contributed by atoms with van der Waals surface area (Å²) in [6.45, 7) is 23.5. The van der Waals surface area contributed by atoms with Gasteiger partial charge in [-0.3, -0.25) is 4.79 Å². The van der Waals surface area contributed by atoms with E-state index in [4.69, 9.17) is 18.9 Å². The number of hydrogen-bond acceptors (Lipinski definition) is 9. The van der Waals surface area contributed by atoms with E-state index in [-0.39, 0.29) is 42.9 Å². The zero-order chi connectivity index (χ0) is 33.8. The van der Waals surface area contributed by atoms with Crippen LogP contribution >= 0.6 is 0 Å². The monoisotopic (exact) mass is 618 g/mol. The van der Waals surface area contributed by atoms with Crippen LogP contribution in [0.15, 0.2) is 12.2 Å². The van der Waals surface area contributed by atoms with Crippen LogP contribution in [-0.4, -0.2) is 87.6 Å². The molecule has 0 aromatic carbocycles. The Balaban J connectivity index is 4.51. The highest BCUT2D eigenvalue weighted by Gasteiger charge is 2.33. The molecular formula is C34H66O9. The molecule has 0 radical (unpaired) electrons. The number of ketones is 1. The van der Waals surface area contributed by atoms with Crippen molar-refractivity contribution in [3.63, 3.8) is 0 Å². The van der Waals surface area contributed by atoms with Gasteiger partial charge in [0.1, 0.15) is 6.61 Å². The zero-order valence-corrected chi connectivity index (χ0v) is 29.5. The lowest BCUT2D eigenvalue weighted by Crippen LogP contribution is -2.36. The summed E-state index contributed by atoms with van der Waals surface area (Å²) in [5.41, 5.74) is -2.61. The van der Waals surface area contributed by atoms with Crippen LogP contribution in [0.25, 0.3) is 0 Å². The van der Waals surface area contributed by atoms with Gasteiger partial charge in [-0.05, 0) is 104 Å². The Kier molecular flexibility index (Phi) is 16.8. The van der Waals surface area contributed by atoms with Crippen LogP contribution in [0.3, 0.4) is 0 Å². The van der Waals surface area contributed by atoms with Crippen LogP contribution in [-0.2, 0) is 23.7 Å². The standard InChI is InChI=1S/C34H66O9/c1-28(2,18-23-43-34(12,39)26-29(3,4)14-16-30(5,6)36)15-17-33(11,38)42-24-20-32(9,10)41-21-13-27(35)25-40-22-19-31(7,8)37/h15,17,36-39H,13-14,16,18-26H2,1-12H3/b17-15+. The summed E-state index contributed by atoms with van der Waals surface area (Å²) in [5, 5.41) is 41.3. The fourth-order valence-corrected chi connectivity index (χ4v) is 4.31. The predicted octanol–water partition coefficient (Wildman–Crippen LogP) is 5.70. The minimum Gasteiger partial charge on any atom is -0.390 e. The molecule has 0 saturated heterocycles. The fourth-order valence-electron chi connectivity index (χ4n) is 4.31. The van der Waals surface area contributed by atoms with Gasteiger partial charge in [0.15, 0.2) is 17.4 Å². The van der Waals surface area contributed by atoms with Crippen LogP contribution in [0.2, 0.25) is 0 Å². The zero-order valence-electron chi connectivity index (χ0n) is 29.5. The van der Waals surface area contributed by atoms with Crippen LogP contribution in [0.5, 0.6) is 0 Å². The summed E-state index contributed by atoms with van der Waals surface area (Å²) in [6.07, 6.45) is 7.24. The van der Waals surface area contributed by atoms with Crippen molar-refractivity contribution < 1.29 is 44.2 Å². The van der Waals surface area contributed by atoms with Crippen molar-refractivity contribution in [1.82, 2.24) is 0 Å². The third-order valence-corrected chi connectivity index (χ3v) is 7.32. The number of rotatable bonds is 24. The summed E-state index contributed by atoms with van der Waals surface area (Å²) >= 11 is 0. The topological polar surface area (TPSA) is 135 Å². The maximum Gasteiger partial charge on any atom is 0.182 e. The first-order chi connectivity index (χ1) is 19.1. The smallest absolute Gasteiger partial charge is 0.182 e. The molecule has 4 N–H and O–H groups in total. The van der Waals surface area contributed by atoms with Crippen molar-refractivity contribution in [3.8, 4) is 0 Å². The van der Waals surface area contributed by atoms with Gasteiger partial charge in [0.2, 0.25) is 0 Å². The fraction of sp³-hybridized carbons (Fsp3) is 0.912. The maximum absolute atomic E-state index is 12.0. The molecule has 0 spiro atoms. The highest BCUT2D eigenvalue weighted by atomic mass is 16.6. The molecule has 9 nitrogen and oxygen atoms in total. The van der Waals surface area contributed by atoms with E-state index >= 15 is 0 Å². The molecule has 0 aliphatic heterocycles. The summed E-state index contributed by atoms with van der Waals surface area (Å²) < 4.78 is 22.8. The average molecular weight is 619 g/mol. The lowest BCUT2D eigenvalue weighted by atomic mass is 9.79. The number of hydrogen-bond donors (Lipinski definition) is 4. The highest BCUT2D eigenvalue weighted by Crippen LogP contribution is 2.35. The minimum atomic E-state index is -1.47. The molecule has 9 heteroatoms. The maximum atomic E-state index is 12.0. The van der Waals surface area contributed by atoms with Crippen LogP contribution < -0.4 is 0 Å². The number of allylic oxidation sites excluding steroid dienone is 1. The molecule has 0 aromatic rings. The largest absolute Gasteiger partial charge is 0.390 e. The summed E-state index contributed by atoms with van der Waals surface area (Å²) in [4.78, 5) is 12.0. The van der Waals surface area contributed by atoms with E-state index in [1.54, 1.807) is 47.6 Å². The third kappa shape index (κ3) is 25.0. The Morgan fingerprint density at radius 1 is 0.605 bits per heavy atom. The molecule has 43 heavy (non-hydrogen) atoms. The minimum absolute atomic E-state index is 0.00217. The molecule has 0 saturated carbocycles. The first-order valence-electron chi connectivity index (χ1n) is 15.7. The third-order valence-electron chi connectivity index (χ3n) is 7.32. The summed E-state index contributed by atoms with van der Waals surface area (Å²) in [6, 6.07) is 0. The average Bonchev–Trinajstić information content (AvgIpc) is 2.77. The van der Waals surface area contributed by atoms with Gasteiger partial charge >= 0.3 is 0 Å². The second-order valence-corrected chi connectivity index (χ2v) is 15.9. The van der Waals surface area contributed by atoms with E-state index in [1.807, 2.05) is 33.8 Å². The van der Waals surface area contributed by atoms with E-state index in [0.29, 0.717) is 45.3 Å². The summed E-state index contributed by atoms with van der Waals surface area (Å²) in [7, 11) is 0. The van der Waals surface area contributed by atoms with Gasteiger partial charge < -0.3 is 39.4 Å². The van der Waals surface area contributed by atoms with Crippen molar-refractivity contribution >= 4 is 5.78 Å². The molecule has 2 unspecified atom stereocenters. The van der Waals surface area contributed by atoms with Gasteiger partial charge in [-0.25, -0.2) is 0 Å². The number of carbonyl (C=O) groups excluding carboxylic acids is 1. The number of Topliss-reactive ketones (excluding diaryl/α,β-unsaturated/α-hetero) is 1. The van der Waals surface area contributed by atoms with Gasteiger partial charge in [0.05, 0.1) is 36.6 Å². The molecule has 0 aliphatic rings. The van der Waals surface area contributed by atoms with Crippen molar-refractivity contribution in [3.05, 3.63) is 12.2 Å². The molecule has 0 bridgehead atoms. The van der Waals surface area contributed by atoms with E-state index < -0.39 is 28.4 Å². The lowest BCUT2D eigenvalue weighted by Gasteiger charge is -2.35. The molecule has 0 amide bonds. The normalized spacial score (nSPS) is 16.8. The van der Waals surface area contributed by atoms with E-state index in [1.165, 1.54) is 0 Å². The molecular weight excluding hydrogens is 552 g/mol. The van der Waals surface area contributed by atoms with E-state index in [9.17, 15) is 25.2 Å². The van der Waals surface area contributed by atoms with Gasteiger partial charge in [0.25, 0.3) is 0 Å². The van der Waals surface area contributed by atoms with Crippen molar-refractivity contribution in [2.45, 2.75) is 156 Å². The highest BCUT2D eigenvalue weighted by molar-refractivity contribution is 5.79. The van der Waals surface area contributed by atoms with Crippen LogP contribution in [0.4, 0.5) is 0 Å². The molecule has 0 heterocycles. The predicted molar refractivity (Wildman–Crippen MR) is 171 cm³/mol. The lowest BCUT2D eigenvalue weighted by molar-refractivity contribution is -0.211. The first kappa shape index (κ1) is 42.1. The SMILES string of the molecule is CC(C)(O)CCOCC(=O)CCOC(C)(C)CCOC(C)(O)/C=C/C(C)(C)CCOC(C)(O)CC(C)(C)CCC(C)(C)O. The number of carbonyl (C=O) groups is 1. The van der Waals surface area contributed by atoms with Crippen molar-refractivity contribution in [2.24, 2.45) is 10.8 Å². The quantitative estimate of drug-likeness (QED) is 0.0610. The molecule has 0 aliphatic carbocycles. The number of aliphatic hydroxyl groups is 4. The molecule has 0 rings (SSSR count). The Bertz CT molecular complexity index is 828. The van der Waals surface area contributed by atoms with Crippen molar-refractivity contribution in [1.29, 1.82) is 0 Å². The van der Waals surface area contributed by atoms with Crippen LogP contribution in [0, 0.1) is 10.8 Å².